The van der Waals surface area contributed by atoms with Crippen molar-refractivity contribution in [3.8, 4) is 0 Å². The van der Waals surface area contributed by atoms with E-state index in [4.69, 9.17) is 4.74 Å². The standard InChI is InChI=1S/C15H29NO/c1-5-17-14-10-13(15(14,3)4)16-11(2)12-8-6-7-9-12/h11-14,16H,5-10H2,1-4H3. The lowest BCUT2D eigenvalue weighted by Gasteiger charge is -2.53. The summed E-state index contributed by atoms with van der Waals surface area (Å²) in [6, 6.07) is 1.33. The number of rotatable bonds is 5. The topological polar surface area (TPSA) is 21.3 Å². The molecule has 0 spiro atoms. The van der Waals surface area contributed by atoms with Gasteiger partial charge in [-0.1, -0.05) is 26.7 Å². The summed E-state index contributed by atoms with van der Waals surface area (Å²) in [5, 5.41) is 3.86. The van der Waals surface area contributed by atoms with Crippen LogP contribution < -0.4 is 5.32 Å². The minimum absolute atomic E-state index is 0.308. The molecule has 2 rings (SSSR count). The molecule has 2 aliphatic carbocycles. The van der Waals surface area contributed by atoms with Crippen LogP contribution in [0.2, 0.25) is 0 Å². The Balaban J connectivity index is 1.80. The Morgan fingerprint density at radius 1 is 1.29 bits per heavy atom. The first-order chi connectivity index (χ1) is 8.05. The van der Waals surface area contributed by atoms with E-state index >= 15 is 0 Å². The van der Waals surface area contributed by atoms with Crippen molar-refractivity contribution in [3.05, 3.63) is 0 Å². The van der Waals surface area contributed by atoms with Crippen LogP contribution in [-0.2, 0) is 4.74 Å². The average molecular weight is 239 g/mol. The molecule has 2 heteroatoms. The van der Waals surface area contributed by atoms with Crippen molar-refractivity contribution < 1.29 is 4.74 Å². The monoisotopic (exact) mass is 239 g/mol. The molecule has 0 saturated heterocycles. The Morgan fingerprint density at radius 3 is 2.47 bits per heavy atom. The summed E-state index contributed by atoms with van der Waals surface area (Å²) in [7, 11) is 0. The van der Waals surface area contributed by atoms with E-state index in [0.29, 0.717) is 23.6 Å². The van der Waals surface area contributed by atoms with Crippen LogP contribution in [0.25, 0.3) is 0 Å². The van der Waals surface area contributed by atoms with E-state index in [9.17, 15) is 0 Å². The van der Waals surface area contributed by atoms with Crippen molar-refractivity contribution in [1.82, 2.24) is 5.32 Å². The van der Waals surface area contributed by atoms with Gasteiger partial charge in [0.05, 0.1) is 6.10 Å². The Morgan fingerprint density at radius 2 is 1.94 bits per heavy atom. The van der Waals surface area contributed by atoms with Gasteiger partial charge >= 0.3 is 0 Å². The van der Waals surface area contributed by atoms with Crippen molar-refractivity contribution in [2.24, 2.45) is 11.3 Å². The Bertz CT molecular complexity index is 245. The van der Waals surface area contributed by atoms with E-state index in [1.165, 1.54) is 32.1 Å². The maximum Gasteiger partial charge on any atom is 0.0655 e. The van der Waals surface area contributed by atoms with Crippen molar-refractivity contribution in [1.29, 1.82) is 0 Å². The molecule has 100 valence electrons. The summed E-state index contributed by atoms with van der Waals surface area (Å²) in [6.45, 7) is 10.0. The lowest BCUT2D eigenvalue weighted by molar-refractivity contribution is -0.117. The molecule has 3 unspecified atom stereocenters. The summed E-state index contributed by atoms with van der Waals surface area (Å²) in [6.07, 6.45) is 7.38. The predicted octanol–water partition coefficient (Wildman–Crippen LogP) is 3.36. The van der Waals surface area contributed by atoms with E-state index in [2.05, 4.69) is 33.0 Å². The van der Waals surface area contributed by atoms with Crippen LogP contribution in [0.3, 0.4) is 0 Å². The molecule has 0 amide bonds. The van der Waals surface area contributed by atoms with Crippen molar-refractivity contribution in [2.45, 2.75) is 78.0 Å². The number of hydrogen-bond donors (Lipinski definition) is 1. The van der Waals surface area contributed by atoms with Crippen LogP contribution in [0.5, 0.6) is 0 Å². The minimum atomic E-state index is 0.308. The Labute approximate surface area is 107 Å². The molecule has 1 N–H and O–H groups in total. The Hall–Kier alpha value is -0.0800. The number of nitrogens with one attached hydrogen (secondary N) is 1. The first-order valence-electron chi connectivity index (χ1n) is 7.43. The number of ether oxygens (including phenoxy) is 1. The van der Waals surface area contributed by atoms with Crippen LogP contribution in [0, 0.1) is 11.3 Å². The van der Waals surface area contributed by atoms with Gasteiger partial charge in [-0.3, -0.25) is 0 Å². The highest BCUT2D eigenvalue weighted by Gasteiger charge is 2.49. The van der Waals surface area contributed by atoms with Gasteiger partial charge in [-0.25, -0.2) is 0 Å². The van der Waals surface area contributed by atoms with Gasteiger partial charge in [0.15, 0.2) is 0 Å². The lowest BCUT2D eigenvalue weighted by Crippen LogP contribution is -2.63. The van der Waals surface area contributed by atoms with Gasteiger partial charge < -0.3 is 10.1 Å². The predicted molar refractivity (Wildman–Crippen MR) is 72.2 cm³/mol. The molecule has 3 atom stereocenters. The molecule has 2 nitrogen and oxygen atoms in total. The SMILES string of the molecule is CCOC1CC(NC(C)C2CCCC2)C1(C)C. The van der Waals surface area contributed by atoms with E-state index < -0.39 is 0 Å². The summed E-state index contributed by atoms with van der Waals surface area (Å²) in [4.78, 5) is 0. The molecule has 17 heavy (non-hydrogen) atoms. The van der Waals surface area contributed by atoms with E-state index in [1.807, 2.05) is 0 Å². The zero-order valence-electron chi connectivity index (χ0n) is 12.0. The molecule has 0 radical (unpaired) electrons. The third kappa shape index (κ3) is 2.68. The van der Waals surface area contributed by atoms with Gasteiger partial charge in [0.25, 0.3) is 0 Å². The lowest BCUT2D eigenvalue weighted by atomic mass is 9.64. The fourth-order valence-corrected chi connectivity index (χ4v) is 3.56. The third-order valence-corrected chi connectivity index (χ3v) is 5.12. The summed E-state index contributed by atoms with van der Waals surface area (Å²) >= 11 is 0. The normalized spacial score (nSPS) is 34.6. The quantitative estimate of drug-likeness (QED) is 0.794. The van der Waals surface area contributed by atoms with E-state index in [0.717, 1.165) is 12.5 Å². The van der Waals surface area contributed by atoms with Gasteiger partial charge in [-0.15, -0.1) is 0 Å². The molecule has 0 aromatic carbocycles. The maximum absolute atomic E-state index is 5.79. The van der Waals surface area contributed by atoms with Gasteiger partial charge in [-0.2, -0.15) is 0 Å². The summed E-state index contributed by atoms with van der Waals surface area (Å²) in [5.41, 5.74) is 0.308. The molecule has 2 saturated carbocycles. The zero-order chi connectivity index (χ0) is 12.5. The first kappa shape index (κ1) is 13.4. The molecule has 2 fully saturated rings. The van der Waals surface area contributed by atoms with Gasteiger partial charge in [0.2, 0.25) is 0 Å². The van der Waals surface area contributed by atoms with Crippen LogP contribution >= 0.6 is 0 Å². The number of hydrogen-bond acceptors (Lipinski definition) is 2. The van der Waals surface area contributed by atoms with E-state index in [1.54, 1.807) is 0 Å². The third-order valence-electron chi connectivity index (χ3n) is 5.12. The molecule has 2 aliphatic rings. The fourth-order valence-electron chi connectivity index (χ4n) is 3.56. The smallest absolute Gasteiger partial charge is 0.0655 e. The molecule has 0 bridgehead atoms. The van der Waals surface area contributed by atoms with Crippen LogP contribution in [-0.4, -0.2) is 24.8 Å². The minimum Gasteiger partial charge on any atom is -0.378 e. The highest BCUT2D eigenvalue weighted by Crippen LogP contribution is 2.43. The summed E-state index contributed by atoms with van der Waals surface area (Å²) < 4.78 is 5.79. The molecular weight excluding hydrogens is 210 g/mol. The molecule has 0 aliphatic heterocycles. The van der Waals surface area contributed by atoms with E-state index in [-0.39, 0.29) is 0 Å². The second kappa shape index (κ2) is 5.27. The molecule has 0 aromatic heterocycles. The molecular formula is C15H29NO. The van der Waals surface area contributed by atoms with Crippen molar-refractivity contribution in [3.63, 3.8) is 0 Å². The second-order valence-corrected chi connectivity index (χ2v) is 6.55. The van der Waals surface area contributed by atoms with Crippen LogP contribution in [0.4, 0.5) is 0 Å². The molecule has 0 aromatic rings. The zero-order valence-corrected chi connectivity index (χ0v) is 12.0. The van der Waals surface area contributed by atoms with Gasteiger partial charge in [0, 0.05) is 24.1 Å². The van der Waals surface area contributed by atoms with Crippen molar-refractivity contribution in [2.75, 3.05) is 6.61 Å². The second-order valence-electron chi connectivity index (χ2n) is 6.55. The van der Waals surface area contributed by atoms with Crippen LogP contribution in [0.15, 0.2) is 0 Å². The first-order valence-corrected chi connectivity index (χ1v) is 7.43. The fraction of sp³-hybridized carbons (Fsp3) is 1.00. The largest absolute Gasteiger partial charge is 0.378 e. The maximum atomic E-state index is 5.79. The van der Waals surface area contributed by atoms with Gasteiger partial charge in [-0.05, 0) is 39.0 Å². The van der Waals surface area contributed by atoms with Crippen LogP contribution in [0.1, 0.15) is 59.8 Å². The average Bonchev–Trinajstić information content (AvgIpc) is 2.81. The highest BCUT2D eigenvalue weighted by atomic mass is 16.5. The van der Waals surface area contributed by atoms with Gasteiger partial charge in [0.1, 0.15) is 0 Å². The van der Waals surface area contributed by atoms with Crippen molar-refractivity contribution >= 4 is 0 Å². The summed E-state index contributed by atoms with van der Waals surface area (Å²) in [5.74, 6) is 0.914. The Kier molecular flexibility index (Phi) is 4.14. The molecule has 0 heterocycles. The highest BCUT2D eigenvalue weighted by molar-refractivity contribution is 5.03.